The van der Waals surface area contributed by atoms with Gasteiger partial charge in [0.1, 0.15) is 17.4 Å². The van der Waals surface area contributed by atoms with E-state index in [4.69, 9.17) is 5.26 Å². The fraction of sp³-hybridized carbons (Fsp3) is 0.111. The third-order valence-corrected chi connectivity index (χ3v) is 3.28. The van der Waals surface area contributed by atoms with Crippen LogP contribution in [0, 0.1) is 11.3 Å². The number of para-hydroxylation sites is 2. The molecule has 0 atom stereocenters. The number of hydrogen-bond acceptors (Lipinski definition) is 3. The summed E-state index contributed by atoms with van der Waals surface area (Å²) in [6.45, 7) is -3.13. The number of alkyl halides is 5. The van der Waals surface area contributed by atoms with Crippen molar-refractivity contribution in [3.05, 3.63) is 65.2 Å². The maximum absolute atomic E-state index is 13.0. The fourth-order valence-corrected chi connectivity index (χ4v) is 2.14. The highest BCUT2D eigenvalue weighted by atomic mass is 19.4. The number of nitriles is 1. The summed E-state index contributed by atoms with van der Waals surface area (Å²) in [6, 6.07) is 11.1. The number of amides is 1. The van der Waals surface area contributed by atoms with Crippen molar-refractivity contribution in [2.24, 2.45) is 0 Å². The zero-order valence-electron chi connectivity index (χ0n) is 13.4. The molecule has 4 nitrogen and oxygen atoms in total. The molecule has 0 saturated heterocycles. The van der Waals surface area contributed by atoms with Crippen molar-refractivity contribution >= 4 is 17.7 Å². The summed E-state index contributed by atoms with van der Waals surface area (Å²) in [5.41, 5.74) is -2.21. The van der Waals surface area contributed by atoms with Crippen molar-refractivity contribution in [2.45, 2.75) is 12.8 Å². The number of carbonyl (C=O) groups excluding carboxylic acids is 1. The van der Waals surface area contributed by atoms with Gasteiger partial charge in [-0.05, 0) is 24.3 Å². The first-order valence-corrected chi connectivity index (χ1v) is 7.35. The minimum absolute atomic E-state index is 0.00592. The van der Waals surface area contributed by atoms with Crippen LogP contribution in [-0.4, -0.2) is 12.5 Å². The SMILES string of the molecule is N#C/C(=C\c1ccccc1OC(F)F)C(=O)Nc1ccccc1C(F)(F)F. The van der Waals surface area contributed by atoms with Gasteiger partial charge >= 0.3 is 12.8 Å². The lowest BCUT2D eigenvalue weighted by Gasteiger charge is -2.13. The summed E-state index contributed by atoms with van der Waals surface area (Å²) in [5, 5.41) is 11.2. The lowest BCUT2D eigenvalue weighted by molar-refractivity contribution is -0.137. The number of hydrogen-bond donors (Lipinski definition) is 1. The highest BCUT2D eigenvalue weighted by Gasteiger charge is 2.33. The molecule has 0 aromatic heterocycles. The van der Waals surface area contributed by atoms with Crippen LogP contribution < -0.4 is 10.1 Å². The zero-order valence-corrected chi connectivity index (χ0v) is 13.4. The molecule has 0 aliphatic rings. The average Bonchev–Trinajstić information content (AvgIpc) is 2.60. The number of nitrogens with zero attached hydrogens (tertiary/aromatic N) is 1. The second-order valence-corrected chi connectivity index (χ2v) is 5.08. The molecule has 0 unspecified atom stereocenters. The van der Waals surface area contributed by atoms with Crippen LogP contribution in [0.25, 0.3) is 6.08 Å². The van der Waals surface area contributed by atoms with Crippen molar-refractivity contribution in [1.82, 2.24) is 0 Å². The van der Waals surface area contributed by atoms with Crippen LogP contribution >= 0.6 is 0 Å². The van der Waals surface area contributed by atoms with Crippen molar-refractivity contribution in [2.75, 3.05) is 5.32 Å². The lowest BCUT2D eigenvalue weighted by atomic mass is 10.1. The standard InChI is InChI=1S/C18H11F5N2O2/c19-17(20)27-15-8-4-1-5-11(15)9-12(10-24)16(26)25-14-7-3-2-6-13(14)18(21,22)23/h1-9,17H,(H,25,26)/b12-9+. The van der Waals surface area contributed by atoms with Crippen LogP contribution in [0.15, 0.2) is 54.1 Å². The molecule has 0 spiro atoms. The number of carbonyl (C=O) groups is 1. The first-order chi connectivity index (χ1) is 12.7. The third-order valence-electron chi connectivity index (χ3n) is 3.28. The normalized spacial score (nSPS) is 11.8. The Morgan fingerprint density at radius 1 is 1.11 bits per heavy atom. The number of benzene rings is 2. The van der Waals surface area contributed by atoms with E-state index >= 15 is 0 Å². The number of rotatable bonds is 5. The molecule has 9 heteroatoms. The van der Waals surface area contributed by atoms with Crippen molar-refractivity contribution < 1.29 is 31.5 Å². The van der Waals surface area contributed by atoms with E-state index in [1.807, 2.05) is 5.32 Å². The van der Waals surface area contributed by atoms with Crippen LogP contribution in [0.3, 0.4) is 0 Å². The average molecular weight is 382 g/mol. The first kappa shape index (κ1) is 19.9. The maximum atomic E-state index is 13.0. The summed E-state index contributed by atoms with van der Waals surface area (Å²) in [6.07, 6.45) is -3.76. The number of halogens is 5. The summed E-state index contributed by atoms with van der Waals surface area (Å²) in [7, 11) is 0. The molecule has 27 heavy (non-hydrogen) atoms. The predicted octanol–water partition coefficient (Wildman–Crippen LogP) is 4.85. The molecular formula is C18H11F5N2O2. The Hall–Kier alpha value is -3.41. The van der Waals surface area contributed by atoms with Gasteiger partial charge in [-0.15, -0.1) is 0 Å². The van der Waals surface area contributed by atoms with Crippen molar-refractivity contribution in [3.63, 3.8) is 0 Å². The van der Waals surface area contributed by atoms with Crippen LogP contribution in [0.1, 0.15) is 11.1 Å². The van der Waals surface area contributed by atoms with Gasteiger partial charge in [-0.2, -0.15) is 27.2 Å². The first-order valence-electron chi connectivity index (χ1n) is 7.35. The Balaban J connectivity index is 2.34. The monoisotopic (exact) mass is 382 g/mol. The van der Waals surface area contributed by atoms with E-state index in [1.165, 1.54) is 36.4 Å². The molecular weight excluding hydrogens is 371 g/mol. The molecule has 2 aromatic rings. The molecule has 0 bridgehead atoms. The third kappa shape index (κ3) is 5.28. The molecule has 0 heterocycles. The molecule has 1 amide bonds. The second-order valence-electron chi connectivity index (χ2n) is 5.08. The minimum Gasteiger partial charge on any atom is -0.434 e. The molecule has 140 valence electrons. The maximum Gasteiger partial charge on any atom is 0.418 e. The van der Waals surface area contributed by atoms with E-state index in [2.05, 4.69) is 4.74 Å². The van der Waals surface area contributed by atoms with Crippen molar-refractivity contribution in [1.29, 1.82) is 5.26 Å². The summed E-state index contributed by atoms with van der Waals surface area (Å²) in [4.78, 5) is 12.2. The quantitative estimate of drug-likeness (QED) is 0.457. The van der Waals surface area contributed by atoms with Gasteiger partial charge in [-0.25, -0.2) is 0 Å². The summed E-state index contributed by atoms with van der Waals surface area (Å²) in [5.74, 6) is -1.41. The van der Waals surface area contributed by atoms with E-state index in [0.29, 0.717) is 0 Å². The van der Waals surface area contributed by atoms with E-state index in [-0.39, 0.29) is 11.3 Å². The minimum atomic E-state index is -4.71. The Morgan fingerprint density at radius 2 is 1.74 bits per heavy atom. The summed E-state index contributed by atoms with van der Waals surface area (Å²) < 4.78 is 68.1. The zero-order chi connectivity index (χ0) is 20.0. The molecule has 0 saturated carbocycles. The predicted molar refractivity (Wildman–Crippen MR) is 86.7 cm³/mol. The number of ether oxygens (including phenoxy) is 1. The fourth-order valence-electron chi connectivity index (χ4n) is 2.14. The van der Waals surface area contributed by atoms with Crippen LogP contribution in [0.4, 0.5) is 27.6 Å². The van der Waals surface area contributed by atoms with Gasteiger partial charge in [0, 0.05) is 5.56 Å². The van der Waals surface area contributed by atoms with Gasteiger partial charge in [0.25, 0.3) is 5.91 Å². The second kappa shape index (κ2) is 8.31. The van der Waals surface area contributed by atoms with Gasteiger partial charge < -0.3 is 10.1 Å². The summed E-state index contributed by atoms with van der Waals surface area (Å²) >= 11 is 0. The molecule has 0 radical (unpaired) electrons. The van der Waals surface area contributed by atoms with Crippen LogP contribution in [0.2, 0.25) is 0 Å². The van der Waals surface area contributed by atoms with Gasteiger partial charge in [0.05, 0.1) is 11.3 Å². The van der Waals surface area contributed by atoms with Crippen LogP contribution in [0.5, 0.6) is 5.75 Å². The topological polar surface area (TPSA) is 62.1 Å². The molecule has 0 aliphatic heterocycles. The Bertz CT molecular complexity index is 901. The Morgan fingerprint density at radius 3 is 2.37 bits per heavy atom. The highest BCUT2D eigenvalue weighted by molar-refractivity contribution is 6.10. The van der Waals surface area contributed by atoms with E-state index in [0.717, 1.165) is 24.3 Å². The van der Waals surface area contributed by atoms with Gasteiger partial charge in [0.2, 0.25) is 0 Å². The van der Waals surface area contributed by atoms with E-state index in [1.54, 1.807) is 0 Å². The van der Waals surface area contributed by atoms with Gasteiger partial charge in [-0.1, -0.05) is 30.3 Å². The number of nitrogens with one attached hydrogen (secondary N) is 1. The van der Waals surface area contributed by atoms with Crippen molar-refractivity contribution in [3.8, 4) is 11.8 Å². The molecule has 0 aliphatic carbocycles. The smallest absolute Gasteiger partial charge is 0.418 e. The molecule has 0 fully saturated rings. The molecule has 2 rings (SSSR count). The number of anilines is 1. The molecule has 1 N–H and O–H groups in total. The van der Waals surface area contributed by atoms with Crippen LogP contribution in [-0.2, 0) is 11.0 Å². The Kier molecular flexibility index (Phi) is 6.13. The van der Waals surface area contributed by atoms with Gasteiger partial charge in [-0.3, -0.25) is 4.79 Å². The van der Waals surface area contributed by atoms with E-state index < -0.39 is 35.5 Å². The largest absolute Gasteiger partial charge is 0.434 e. The van der Waals surface area contributed by atoms with E-state index in [9.17, 15) is 26.7 Å². The lowest BCUT2D eigenvalue weighted by Crippen LogP contribution is -2.17. The molecule has 2 aromatic carbocycles. The highest BCUT2D eigenvalue weighted by Crippen LogP contribution is 2.34. The Labute approximate surface area is 150 Å². The van der Waals surface area contributed by atoms with Gasteiger partial charge in [0.15, 0.2) is 0 Å².